The van der Waals surface area contributed by atoms with Crippen LogP contribution in [-0.2, 0) is 9.84 Å². The van der Waals surface area contributed by atoms with Crippen molar-refractivity contribution in [3.63, 3.8) is 0 Å². The number of nitriles is 1. The summed E-state index contributed by atoms with van der Waals surface area (Å²) in [4.78, 5) is 6.41. The number of hydrogen-bond donors (Lipinski definition) is 5. The molecule has 12 nitrogen and oxygen atoms in total. The Hall–Kier alpha value is -3.93. The summed E-state index contributed by atoms with van der Waals surface area (Å²) in [5.41, 5.74) is 2.24. The Kier molecular flexibility index (Phi) is 12.1. The standard InChI is InChI=1S/C30H39N7O5S/c1-20(38)17-32-29-27(16-31)23(4)28(30(34-29)33-24-8-6-5-7-9-24)36-35-25-10-12-26(13-11-25)43(41,42)15-14-37(18-21(2)39)19-22(3)40/h5-13,20-22,38-40H,14-15,17-19H2,1-4H3,(H2,32,33,34). The second-order valence-corrected chi connectivity index (χ2v) is 12.6. The molecule has 0 aliphatic rings. The van der Waals surface area contributed by atoms with E-state index in [9.17, 15) is 29.0 Å². The maximum Gasteiger partial charge on any atom is 0.179 e. The quantitative estimate of drug-likeness (QED) is 0.158. The molecule has 3 aromatic rings. The maximum absolute atomic E-state index is 13.0. The van der Waals surface area contributed by atoms with Crippen LogP contribution < -0.4 is 10.6 Å². The Bertz CT molecular complexity index is 1510. The van der Waals surface area contributed by atoms with Gasteiger partial charge >= 0.3 is 0 Å². The van der Waals surface area contributed by atoms with E-state index in [-0.39, 0.29) is 42.4 Å². The van der Waals surface area contributed by atoms with Gasteiger partial charge in [-0.2, -0.15) is 10.4 Å². The molecule has 2 aromatic carbocycles. The molecule has 0 spiro atoms. The molecule has 1 aromatic heterocycles. The Balaban J connectivity index is 1.87. The molecule has 3 rings (SSSR count). The predicted octanol–water partition coefficient (Wildman–Crippen LogP) is 4.05. The van der Waals surface area contributed by atoms with Gasteiger partial charge in [0.05, 0.1) is 40.2 Å². The monoisotopic (exact) mass is 609 g/mol. The third kappa shape index (κ3) is 10.1. The highest BCUT2D eigenvalue weighted by Crippen LogP contribution is 2.36. The predicted molar refractivity (Wildman–Crippen MR) is 166 cm³/mol. The topological polar surface area (TPSA) is 184 Å². The van der Waals surface area contributed by atoms with Crippen LogP contribution in [0.4, 0.5) is 28.7 Å². The molecule has 230 valence electrons. The van der Waals surface area contributed by atoms with Crippen molar-refractivity contribution in [2.75, 3.05) is 42.6 Å². The smallest absolute Gasteiger partial charge is 0.179 e. The molecule has 1 heterocycles. The molecule has 43 heavy (non-hydrogen) atoms. The first-order chi connectivity index (χ1) is 20.4. The first-order valence-electron chi connectivity index (χ1n) is 13.9. The molecular weight excluding hydrogens is 570 g/mol. The van der Waals surface area contributed by atoms with Crippen molar-refractivity contribution in [2.24, 2.45) is 10.2 Å². The first kappa shape index (κ1) is 33.6. The average Bonchev–Trinajstić information content (AvgIpc) is 2.95. The number of nitrogens with one attached hydrogen (secondary N) is 2. The zero-order valence-electron chi connectivity index (χ0n) is 24.8. The summed E-state index contributed by atoms with van der Waals surface area (Å²) in [5, 5.41) is 53.9. The van der Waals surface area contributed by atoms with Crippen molar-refractivity contribution in [1.29, 1.82) is 5.26 Å². The SMILES string of the molecule is Cc1c(C#N)c(NCC(C)O)nc(Nc2ccccc2)c1N=Nc1ccc(S(=O)(=O)CCN(CC(C)O)CC(C)O)cc1. The number of aliphatic hydroxyl groups is 3. The lowest BCUT2D eigenvalue weighted by Crippen LogP contribution is -2.39. The number of aromatic nitrogens is 1. The first-order valence-corrected chi connectivity index (χ1v) is 15.6. The third-order valence-corrected chi connectivity index (χ3v) is 8.02. The normalized spacial score (nSPS) is 13.9. The van der Waals surface area contributed by atoms with Crippen molar-refractivity contribution < 1.29 is 23.7 Å². The maximum atomic E-state index is 13.0. The Morgan fingerprint density at radius 3 is 2.12 bits per heavy atom. The fourth-order valence-electron chi connectivity index (χ4n) is 4.27. The highest BCUT2D eigenvalue weighted by atomic mass is 32.2. The molecule has 3 unspecified atom stereocenters. The molecule has 5 N–H and O–H groups in total. The van der Waals surface area contributed by atoms with Gasteiger partial charge in [-0.15, -0.1) is 5.11 Å². The van der Waals surface area contributed by atoms with Crippen LogP contribution in [0.5, 0.6) is 0 Å². The Morgan fingerprint density at radius 2 is 1.56 bits per heavy atom. The number of rotatable bonds is 15. The van der Waals surface area contributed by atoms with Crippen molar-refractivity contribution in [1.82, 2.24) is 9.88 Å². The summed E-state index contributed by atoms with van der Waals surface area (Å²) in [7, 11) is -3.64. The van der Waals surface area contributed by atoms with Gasteiger partial charge < -0.3 is 26.0 Å². The minimum absolute atomic E-state index is 0.116. The lowest BCUT2D eigenvalue weighted by molar-refractivity contribution is 0.0873. The molecule has 0 aliphatic carbocycles. The van der Waals surface area contributed by atoms with Crippen LogP contribution in [0.1, 0.15) is 31.9 Å². The summed E-state index contributed by atoms with van der Waals surface area (Å²) in [6, 6.07) is 17.4. The molecular formula is C30H39N7O5S. The fourth-order valence-corrected chi connectivity index (χ4v) is 5.56. The van der Waals surface area contributed by atoms with E-state index in [4.69, 9.17) is 0 Å². The number of hydrogen-bond acceptors (Lipinski definition) is 12. The second kappa shape index (κ2) is 15.5. The molecule has 13 heteroatoms. The number of anilines is 3. The zero-order chi connectivity index (χ0) is 31.6. The van der Waals surface area contributed by atoms with Gasteiger partial charge in [-0.25, -0.2) is 13.4 Å². The number of nitrogens with zero attached hydrogens (tertiary/aromatic N) is 5. The number of para-hydroxylation sites is 1. The third-order valence-electron chi connectivity index (χ3n) is 6.31. The number of aliphatic hydroxyl groups excluding tert-OH is 3. The van der Waals surface area contributed by atoms with Crippen LogP contribution in [0, 0.1) is 18.3 Å². The summed E-state index contributed by atoms with van der Waals surface area (Å²) in [6.45, 7) is 7.43. The molecule has 0 saturated carbocycles. The van der Waals surface area contributed by atoms with Crippen molar-refractivity contribution in [3.8, 4) is 6.07 Å². The van der Waals surface area contributed by atoms with E-state index in [0.717, 1.165) is 5.69 Å². The van der Waals surface area contributed by atoms with Gasteiger partial charge in [0.25, 0.3) is 0 Å². The summed E-state index contributed by atoms with van der Waals surface area (Å²) < 4.78 is 26.0. The van der Waals surface area contributed by atoms with Crippen molar-refractivity contribution >= 4 is 38.5 Å². The average molecular weight is 610 g/mol. The lowest BCUT2D eigenvalue weighted by atomic mass is 10.1. The highest BCUT2D eigenvalue weighted by Gasteiger charge is 2.20. The molecule has 0 saturated heterocycles. The van der Waals surface area contributed by atoms with Gasteiger partial charge in [0.15, 0.2) is 15.7 Å². The second-order valence-electron chi connectivity index (χ2n) is 10.5. The molecule has 3 atom stereocenters. The number of benzene rings is 2. The van der Waals surface area contributed by atoms with Crippen LogP contribution >= 0.6 is 0 Å². The van der Waals surface area contributed by atoms with Crippen molar-refractivity contribution in [2.45, 2.75) is 50.9 Å². The van der Waals surface area contributed by atoms with Crippen LogP contribution in [0.25, 0.3) is 0 Å². The molecule has 0 radical (unpaired) electrons. The Morgan fingerprint density at radius 1 is 0.930 bits per heavy atom. The van der Waals surface area contributed by atoms with Gasteiger partial charge in [0.1, 0.15) is 17.6 Å². The van der Waals surface area contributed by atoms with Crippen LogP contribution in [-0.4, -0.2) is 83.9 Å². The van der Waals surface area contributed by atoms with Crippen LogP contribution in [0.3, 0.4) is 0 Å². The van der Waals surface area contributed by atoms with Gasteiger partial charge in [-0.05, 0) is 64.1 Å². The van der Waals surface area contributed by atoms with Crippen molar-refractivity contribution in [3.05, 3.63) is 65.7 Å². The minimum atomic E-state index is -3.64. The summed E-state index contributed by atoms with van der Waals surface area (Å²) >= 11 is 0. The van der Waals surface area contributed by atoms with Gasteiger partial charge in [-0.3, -0.25) is 4.90 Å². The van der Waals surface area contributed by atoms with E-state index in [1.54, 1.807) is 32.6 Å². The van der Waals surface area contributed by atoms with E-state index in [1.165, 1.54) is 24.3 Å². The van der Waals surface area contributed by atoms with E-state index in [0.29, 0.717) is 28.6 Å². The van der Waals surface area contributed by atoms with Gasteiger partial charge in [0, 0.05) is 37.4 Å². The molecule has 0 fully saturated rings. The van der Waals surface area contributed by atoms with Gasteiger partial charge in [0.2, 0.25) is 0 Å². The van der Waals surface area contributed by atoms with E-state index in [1.807, 2.05) is 30.3 Å². The highest BCUT2D eigenvalue weighted by molar-refractivity contribution is 7.91. The van der Waals surface area contributed by atoms with Gasteiger partial charge in [-0.1, -0.05) is 18.2 Å². The molecule has 0 bridgehead atoms. The number of pyridine rings is 1. The fraction of sp³-hybridized carbons (Fsp3) is 0.400. The molecule has 0 aliphatic heterocycles. The minimum Gasteiger partial charge on any atom is -0.392 e. The van der Waals surface area contributed by atoms with E-state index in [2.05, 4.69) is 31.9 Å². The number of sulfone groups is 1. The van der Waals surface area contributed by atoms with E-state index < -0.39 is 28.1 Å². The summed E-state index contributed by atoms with van der Waals surface area (Å²) in [5.74, 6) is 0.463. The summed E-state index contributed by atoms with van der Waals surface area (Å²) in [6.07, 6.45) is -1.97. The van der Waals surface area contributed by atoms with Crippen LogP contribution in [0.15, 0.2) is 69.7 Å². The lowest BCUT2D eigenvalue weighted by Gasteiger charge is -2.24. The molecule has 0 amide bonds. The van der Waals surface area contributed by atoms with Crippen LogP contribution in [0.2, 0.25) is 0 Å². The number of azo groups is 1. The Labute approximate surface area is 252 Å². The zero-order valence-corrected chi connectivity index (χ0v) is 25.6. The van der Waals surface area contributed by atoms with E-state index >= 15 is 0 Å². The largest absolute Gasteiger partial charge is 0.392 e.